The van der Waals surface area contributed by atoms with Crippen molar-refractivity contribution in [2.24, 2.45) is 29.1 Å². The van der Waals surface area contributed by atoms with Gasteiger partial charge < -0.3 is 20.1 Å². The molecule has 0 aromatic carbocycles. The highest BCUT2D eigenvalue weighted by atomic mass is 16.5. The molecule has 0 bridgehead atoms. The fourth-order valence-corrected chi connectivity index (χ4v) is 6.92. The molecule has 0 aromatic heterocycles. The van der Waals surface area contributed by atoms with Crippen LogP contribution in [0.1, 0.15) is 85.0 Å². The van der Waals surface area contributed by atoms with Gasteiger partial charge in [0.25, 0.3) is 0 Å². The molecular weight excluding hydrogens is 414 g/mol. The lowest BCUT2D eigenvalue weighted by Crippen LogP contribution is -2.65. The number of ether oxygens (including phenoxy) is 1. The van der Waals surface area contributed by atoms with Crippen LogP contribution in [0.4, 0.5) is 0 Å². The van der Waals surface area contributed by atoms with Gasteiger partial charge in [0.05, 0.1) is 18.7 Å². The minimum absolute atomic E-state index is 0.254. The summed E-state index contributed by atoms with van der Waals surface area (Å²) in [4.78, 5) is 13.2. The molecule has 0 aromatic rings. The predicted octanol–water partition coefficient (Wildman–Crippen LogP) is 4.10. The molecule has 0 amide bonds. The SMILES string of the molecule is CC(C)(C)C1CCC(COC2CCC(C3NCC4CN(CCC(=O)O)CCC4N3)CC2)CC1. The van der Waals surface area contributed by atoms with Crippen LogP contribution in [0, 0.1) is 29.1 Å². The maximum absolute atomic E-state index is 10.9. The van der Waals surface area contributed by atoms with E-state index < -0.39 is 5.97 Å². The number of piperidine rings is 1. The number of rotatable bonds is 7. The maximum atomic E-state index is 10.9. The van der Waals surface area contributed by atoms with E-state index >= 15 is 0 Å². The third-order valence-electron chi connectivity index (χ3n) is 9.28. The molecular formula is C27H49N3O3. The molecule has 3 N–H and O–H groups in total. The highest BCUT2D eigenvalue weighted by Gasteiger charge is 2.38. The van der Waals surface area contributed by atoms with Crippen LogP contribution in [0.25, 0.3) is 0 Å². The zero-order chi connectivity index (χ0) is 23.4. The molecule has 2 aliphatic heterocycles. The quantitative estimate of drug-likeness (QED) is 0.528. The van der Waals surface area contributed by atoms with Gasteiger partial charge in [-0.15, -0.1) is 0 Å². The Bertz CT molecular complexity index is 621. The van der Waals surface area contributed by atoms with E-state index in [1.807, 2.05) is 0 Å². The van der Waals surface area contributed by atoms with Gasteiger partial charge in [0.1, 0.15) is 0 Å². The van der Waals surface area contributed by atoms with Crippen molar-refractivity contribution in [3.8, 4) is 0 Å². The smallest absolute Gasteiger partial charge is 0.304 e. The Labute approximate surface area is 201 Å². The van der Waals surface area contributed by atoms with E-state index in [1.54, 1.807) is 0 Å². The van der Waals surface area contributed by atoms with E-state index in [9.17, 15) is 4.79 Å². The molecule has 0 radical (unpaired) electrons. The Kier molecular flexibility index (Phi) is 8.75. The van der Waals surface area contributed by atoms with Gasteiger partial charge in [-0.1, -0.05) is 20.8 Å². The summed E-state index contributed by atoms with van der Waals surface area (Å²) >= 11 is 0. The van der Waals surface area contributed by atoms with Crippen LogP contribution in [0.3, 0.4) is 0 Å². The number of likely N-dealkylation sites (tertiary alicyclic amines) is 1. The van der Waals surface area contributed by atoms with Gasteiger partial charge in [-0.2, -0.15) is 0 Å². The molecule has 33 heavy (non-hydrogen) atoms. The minimum atomic E-state index is -0.690. The third-order valence-corrected chi connectivity index (χ3v) is 9.28. The number of carboxylic acids is 1. The molecule has 4 rings (SSSR count). The van der Waals surface area contributed by atoms with Gasteiger partial charge in [0.2, 0.25) is 0 Å². The average molecular weight is 464 g/mol. The summed E-state index contributed by atoms with van der Waals surface area (Å²) in [5.41, 5.74) is 0.461. The van der Waals surface area contributed by atoms with Crippen molar-refractivity contribution in [2.45, 2.75) is 103 Å². The molecule has 4 aliphatic rings. The average Bonchev–Trinajstić information content (AvgIpc) is 2.81. The van der Waals surface area contributed by atoms with Crippen LogP contribution >= 0.6 is 0 Å². The molecule has 4 fully saturated rings. The van der Waals surface area contributed by atoms with Gasteiger partial charge >= 0.3 is 5.97 Å². The van der Waals surface area contributed by atoms with Gasteiger partial charge in [0.15, 0.2) is 0 Å². The van der Waals surface area contributed by atoms with Crippen molar-refractivity contribution in [1.82, 2.24) is 15.5 Å². The van der Waals surface area contributed by atoms with E-state index in [0.717, 1.165) is 44.5 Å². The summed E-state index contributed by atoms with van der Waals surface area (Å²) in [7, 11) is 0. The number of carboxylic acid groups (broad SMARTS) is 1. The number of nitrogens with zero attached hydrogens (tertiary/aromatic N) is 1. The lowest BCUT2D eigenvalue weighted by Gasteiger charge is -2.47. The molecule has 3 atom stereocenters. The first-order valence-corrected chi connectivity index (χ1v) is 13.8. The first-order valence-electron chi connectivity index (χ1n) is 13.8. The topological polar surface area (TPSA) is 73.8 Å². The van der Waals surface area contributed by atoms with E-state index in [0.29, 0.717) is 42.1 Å². The molecule has 2 saturated carbocycles. The second kappa shape index (κ2) is 11.4. The molecule has 2 aliphatic carbocycles. The summed E-state index contributed by atoms with van der Waals surface area (Å²) in [6.45, 7) is 11.9. The number of carbonyl (C=O) groups is 1. The lowest BCUT2D eigenvalue weighted by atomic mass is 9.70. The van der Waals surface area contributed by atoms with Crippen LogP contribution in [0.2, 0.25) is 0 Å². The second-order valence-electron chi connectivity index (χ2n) is 12.6. The highest BCUT2D eigenvalue weighted by molar-refractivity contribution is 5.66. The molecule has 2 heterocycles. The Hall–Kier alpha value is -0.690. The molecule has 190 valence electrons. The number of hydrogen-bond donors (Lipinski definition) is 3. The second-order valence-corrected chi connectivity index (χ2v) is 12.6. The van der Waals surface area contributed by atoms with Gasteiger partial charge in [-0.05, 0) is 93.4 Å². The molecule has 6 heteroatoms. The Morgan fingerprint density at radius 1 is 1.00 bits per heavy atom. The zero-order valence-corrected chi connectivity index (χ0v) is 21.4. The number of hydrogen-bond acceptors (Lipinski definition) is 5. The van der Waals surface area contributed by atoms with Crippen molar-refractivity contribution in [2.75, 3.05) is 32.8 Å². The molecule has 6 nitrogen and oxygen atoms in total. The number of nitrogens with one attached hydrogen (secondary N) is 2. The van der Waals surface area contributed by atoms with Gasteiger partial charge in [-0.25, -0.2) is 0 Å². The van der Waals surface area contributed by atoms with E-state index in [2.05, 4.69) is 36.3 Å². The van der Waals surface area contributed by atoms with Crippen molar-refractivity contribution < 1.29 is 14.6 Å². The normalized spacial score (nSPS) is 38.6. The van der Waals surface area contributed by atoms with Crippen LogP contribution in [-0.2, 0) is 9.53 Å². The lowest BCUT2D eigenvalue weighted by molar-refractivity contribution is -0.137. The first kappa shape index (κ1) is 25.4. The molecule has 3 unspecified atom stereocenters. The standard InChI is InChI=1S/C27H49N3O3/c1-27(2,3)22-8-4-19(5-9-22)18-33-23-10-6-20(7-11-23)26-28-16-21-17-30(15-13-25(31)32)14-12-24(21)29-26/h19-24,26,28-29H,4-18H2,1-3H3,(H,31,32). The largest absolute Gasteiger partial charge is 0.481 e. The Morgan fingerprint density at radius 3 is 2.39 bits per heavy atom. The van der Waals surface area contributed by atoms with Crippen molar-refractivity contribution in [1.29, 1.82) is 0 Å². The highest BCUT2D eigenvalue weighted by Crippen LogP contribution is 2.40. The fraction of sp³-hybridized carbons (Fsp3) is 0.963. The summed E-state index contributed by atoms with van der Waals surface area (Å²) in [5.74, 6) is 2.28. The van der Waals surface area contributed by atoms with Crippen LogP contribution in [0.15, 0.2) is 0 Å². The number of aliphatic carboxylic acids is 1. The molecule has 0 spiro atoms. The third kappa shape index (κ3) is 7.16. The van der Waals surface area contributed by atoms with Crippen molar-refractivity contribution >= 4 is 5.97 Å². The summed E-state index contributed by atoms with van der Waals surface area (Å²) in [6, 6.07) is 0.578. The first-order chi connectivity index (χ1) is 15.8. The van der Waals surface area contributed by atoms with Crippen molar-refractivity contribution in [3.05, 3.63) is 0 Å². The Morgan fingerprint density at radius 2 is 1.73 bits per heavy atom. The fourth-order valence-electron chi connectivity index (χ4n) is 6.92. The van der Waals surface area contributed by atoms with E-state index in [1.165, 1.54) is 51.4 Å². The van der Waals surface area contributed by atoms with E-state index in [4.69, 9.17) is 9.84 Å². The summed E-state index contributed by atoms with van der Waals surface area (Å²) < 4.78 is 6.43. The van der Waals surface area contributed by atoms with Crippen LogP contribution in [0.5, 0.6) is 0 Å². The summed E-state index contributed by atoms with van der Waals surface area (Å²) in [6.07, 6.45) is 12.7. The zero-order valence-electron chi connectivity index (χ0n) is 21.4. The predicted molar refractivity (Wildman–Crippen MR) is 132 cm³/mol. The van der Waals surface area contributed by atoms with Crippen LogP contribution in [-0.4, -0.2) is 67.1 Å². The Balaban J connectivity index is 1.12. The van der Waals surface area contributed by atoms with Crippen molar-refractivity contribution in [3.63, 3.8) is 0 Å². The maximum Gasteiger partial charge on any atom is 0.304 e. The van der Waals surface area contributed by atoms with Gasteiger partial charge in [0, 0.05) is 32.3 Å². The van der Waals surface area contributed by atoms with E-state index in [-0.39, 0.29) is 6.42 Å². The van der Waals surface area contributed by atoms with Crippen LogP contribution < -0.4 is 10.6 Å². The summed E-state index contributed by atoms with van der Waals surface area (Å²) in [5, 5.41) is 16.7. The monoisotopic (exact) mass is 463 g/mol. The van der Waals surface area contributed by atoms with Gasteiger partial charge in [-0.3, -0.25) is 10.1 Å². The molecule has 2 saturated heterocycles. The number of fused-ring (bicyclic) bond motifs is 1. The minimum Gasteiger partial charge on any atom is -0.481 e.